The van der Waals surface area contributed by atoms with E-state index in [0.29, 0.717) is 18.4 Å². The van der Waals surface area contributed by atoms with Crippen LogP contribution in [-0.2, 0) is 11.3 Å². The van der Waals surface area contributed by atoms with Crippen molar-refractivity contribution in [1.82, 2.24) is 10.4 Å². The molecule has 1 aromatic rings. The Balaban J connectivity index is 1.96. The van der Waals surface area contributed by atoms with Crippen LogP contribution in [0.15, 0.2) is 18.5 Å². The number of aromatic nitrogens is 2. The number of hydrogen-bond donors (Lipinski definition) is 2. The number of carbonyl (C=O) groups is 2. The van der Waals surface area contributed by atoms with Crippen LogP contribution < -0.4 is 10.00 Å². The van der Waals surface area contributed by atoms with Gasteiger partial charge < -0.3 is 10.4 Å². The molecule has 1 aromatic heterocycles. The Bertz CT molecular complexity index is 543. The van der Waals surface area contributed by atoms with E-state index in [2.05, 4.69) is 16.5 Å². The van der Waals surface area contributed by atoms with Gasteiger partial charge in [0.25, 0.3) is 5.91 Å². The fourth-order valence-corrected chi connectivity index (χ4v) is 1.54. The van der Waals surface area contributed by atoms with Gasteiger partial charge in [0, 0.05) is 6.07 Å². The van der Waals surface area contributed by atoms with Crippen molar-refractivity contribution in [1.29, 1.82) is 5.26 Å². The molecule has 0 saturated heterocycles. The zero-order chi connectivity index (χ0) is 13.9. The smallest absolute Gasteiger partial charge is 0.309 e. The zero-order valence-electron chi connectivity index (χ0n) is 10.2. The van der Waals surface area contributed by atoms with Gasteiger partial charge in [-0.2, -0.15) is 5.26 Å². The van der Waals surface area contributed by atoms with E-state index < -0.39 is 11.5 Å². The number of carboxylic acid groups (broad SMARTS) is 1. The Morgan fingerprint density at radius 1 is 1.58 bits per heavy atom. The van der Waals surface area contributed by atoms with Gasteiger partial charge >= 0.3 is 5.97 Å². The maximum Gasteiger partial charge on any atom is 0.309 e. The third-order valence-corrected chi connectivity index (χ3v) is 2.91. The van der Waals surface area contributed by atoms with Crippen LogP contribution in [-0.4, -0.2) is 27.6 Å². The fourth-order valence-electron chi connectivity index (χ4n) is 1.54. The van der Waals surface area contributed by atoms with Gasteiger partial charge in [-0.25, -0.2) is 0 Å². The summed E-state index contributed by atoms with van der Waals surface area (Å²) in [4.78, 5) is 22.2. The second-order valence-electron chi connectivity index (χ2n) is 4.47. The standard InChI is InChI=1S/C12H12N4O3/c13-8-12(3-4-12)15-11(19)9-1-5-16(14-7-9)6-2-10(17)18/h1,5,7H,2-4,6H2,(H-,15,17,18,19)/p+1. The minimum atomic E-state index is -0.902. The van der Waals surface area contributed by atoms with Crippen molar-refractivity contribution in [2.75, 3.05) is 0 Å². The molecule has 1 saturated carbocycles. The van der Waals surface area contributed by atoms with Crippen LogP contribution in [0.25, 0.3) is 0 Å². The number of nitriles is 1. The first-order valence-corrected chi connectivity index (χ1v) is 5.86. The van der Waals surface area contributed by atoms with Crippen molar-refractivity contribution in [3.8, 4) is 6.07 Å². The first-order valence-electron chi connectivity index (χ1n) is 5.86. The van der Waals surface area contributed by atoms with E-state index in [0.717, 1.165) is 0 Å². The summed E-state index contributed by atoms with van der Waals surface area (Å²) in [5.41, 5.74) is -0.347. The highest BCUT2D eigenvalue weighted by atomic mass is 16.4. The van der Waals surface area contributed by atoms with E-state index in [1.165, 1.54) is 10.9 Å². The summed E-state index contributed by atoms with van der Waals surface area (Å²) in [5.74, 6) is -1.24. The quantitative estimate of drug-likeness (QED) is 0.703. The van der Waals surface area contributed by atoms with E-state index in [-0.39, 0.29) is 18.9 Å². The van der Waals surface area contributed by atoms with Gasteiger partial charge in [0.1, 0.15) is 18.2 Å². The minimum Gasteiger partial charge on any atom is -0.481 e. The molecule has 98 valence electrons. The van der Waals surface area contributed by atoms with E-state index in [1.807, 2.05) is 0 Å². The van der Waals surface area contributed by atoms with Crippen LogP contribution in [0.1, 0.15) is 29.6 Å². The molecule has 1 aliphatic carbocycles. The summed E-state index contributed by atoms with van der Waals surface area (Å²) in [6, 6.07) is 3.63. The number of hydrogen-bond acceptors (Lipinski definition) is 4. The first-order chi connectivity index (χ1) is 9.04. The molecule has 7 nitrogen and oxygen atoms in total. The van der Waals surface area contributed by atoms with Crippen LogP contribution in [0.5, 0.6) is 0 Å². The van der Waals surface area contributed by atoms with Gasteiger partial charge in [-0.1, -0.05) is 4.68 Å². The van der Waals surface area contributed by atoms with Crippen LogP contribution in [0, 0.1) is 11.3 Å². The molecule has 7 heteroatoms. The van der Waals surface area contributed by atoms with Gasteiger partial charge in [0.15, 0.2) is 12.7 Å². The molecule has 0 bridgehead atoms. The number of nitrogens with one attached hydrogen (secondary N) is 1. The topological polar surface area (TPSA) is 107 Å². The van der Waals surface area contributed by atoms with Crippen LogP contribution in [0.4, 0.5) is 0 Å². The van der Waals surface area contributed by atoms with E-state index in [1.54, 1.807) is 12.3 Å². The Labute approximate surface area is 109 Å². The van der Waals surface area contributed by atoms with E-state index in [9.17, 15) is 9.59 Å². The molecular weight excluding hydrogens is 248 g/mol. The summed E-state index contributed by atoms with van der Waals surface area (Å²) in [5, 5.41) is 24.0. The molecule has 0 aromatic carbocycles. The largest absolute Gasteiger partial charge is 0.481 e. The predicted octanol–water partition coefficient (Wildman–Crippen LogP) is -0.370. The molecule has 1 fully saturated rings. The van der Waals surface area contributed by atoms with E-state index >= 15 is 0 Å². The van der Waals surface area contributed by atoms with Crippen molar-refractivity contribution >= 4 is 11.9 Å². The number of carbonyl (C=O) groups excluding carboxylic acids is 1. The maximum absolute atomic E-state index is 11.8. The normalized spacial score (nSPS) is 15.3. The lowest BCUT2D eigenvalue weighted by Gasteiger charge is -2.07. The monoisotopic (exact) mass is 261 g/mol. The van der Waals surface area contributed by atoms with Gasteiger partial charge in [0.2, 0.25) is 0 Å². The molecule has 0 unspecified atom stereocenters. The Kier molecular flexibility index (Phi) is 3.42. The van der Waals surface area contributed by atoms with Crippen molar-refractivity contribution in [3.05, 3.63) is 24.0 Å². The third-order valence-electron chi connectivity index (χ3n) is 2.91. The summed E-state index contributed by atoms with van der Waals surface area (Å²) in [6.07, 6.45) is 4.23. The average Bonchev–Trinajstić information content (AvgIpc) is 3.17. The fraction of sp³-hybridized carbons (Fsp3) is 0.417. The van der Waals surface area contributed by atoms with Crippen molar-refractivity contribution < 1.29 is 19.4 Å². The molecule has 0 atom stereocenters. The maximum atomic E-state index is 11.8. The molecule has 2 rings (SSSR count). The van der Waals surface area contributed by atoms with Gasteiger partial charge in [-0.15, -0.1) is 0 Å². The predicted molar refractivity (Wildman–Crippen MR) is 61.7 cm³/mol. The molecule has 0 aliphatic heterocycles. The third kappa shape index (κ3) is 3.25. The number of amides is 1. The van der Waals surface area contributed by atoms with E-state index in [4.69, 9.17) is 10.4 Å². The van der Waals surface area contributed by atoms with Gasteiger partial charge in [0.05, 0.1) is 11.6 Å². The van der Waals surface area contributed by atoms with Gasteiger partial charge in [-0.05, 0) is 17.9 Å². The molecular formula is C12H13N4O3+. The molecule has 1 aliphatic rings. The molecule has 19 heavy (non-hydrogen) atoms. The highest BCUT2D eigenvalue weighted by Crippen LogP contribution is 2.34. The van der Waals surface area contributed by atoms with Crippen molar-refractivity contribution in [2.45, 2.75) is 31.3 Å². The summed E-state index contributed by atoms with van der Waals surface area (Å²) < 4.78 is 1.45. The molecule has 2 N–H and O–H groups in total. The Morgan fingerprint density at radius 2 is 2.32 bits per heavy atom. The van der Waals surface area contributed by atoms with Crippen LogP contribution in [0.3, 0.4) is 0 Å². The molecule has 0 radical (unpaired) electrons. The van der Waals surface area contributed by atoms with Crippen molar-refractivity contribution in [2.24, 2.45) is 0 Å². The lowest BCUT2D eigenvalue weighted by atomic mass is 10.2. The molecule has 0 spiro atoms. The van der Waals surface area contributed by atoms with Crippen LogP contribution >= 0.6 is 0 Å². The molecule has 1 heterocycles. The average molecular weight is 261 g/mol. The number of aliphatic carboxylic acids is 1. The Hall–Kier alpha value is -2.49. The summed E-state index contributed by atoms with van der Waals surface area (Å²) in [6.45, 7) is 0.249. The highest BCUT2D eigenvalue weighted by Gasteiger charge is 2.44. The minimum absolute atomic E-state index is 0.0270. The van der Waals surface area contributed by atoms with Crippen molar-refractivity contribution in [3.63, 3.8) is 0 Å². The van der Waals surface area contributed by atoms with Crippen LogP contribution in [0.2, 0.25) is 0 Å². The summed E-state index contributed by atoms with van der Waals surface area (Å²) in [7, 11) is 0. The number of rotatable bonds is 5. The first kappa shape index (κ1) is 13.0. The Morgan fingerprint density at radius 3 is 2.79 bits per heavy atom. The lowest BCUT2D eigenvalue weighted by Crippen LogP contribution is -2.40. The number of aryl methyl sites for hydroxylation is 1. The SMILES string of the molecule is N#CC1(NC(=O)c2cc[n+](CCC(=O)O)nc2)CC1. The summed E-state index contributed by atoms with van der Waals surface area (Å²) >= 11 is 0. The number of carboxylic acids is 1. The molecule has 1 amide bonds. The zero-order valence-corrected chi connectivity index (χ0v) is 10.2. The lowest BCUT2D eigenvalue weighted by molar-refractivity contribution is -0.753. The van der Waals surface area contributed by atoms with Gasteiger partial charge in [-0.3, -0.25) is 9.59 Å². The highest BCUT2D eigenvalue weighted by molar-refractivity contribution is 5.94. The second-order valence-corrected chi connectivity index (χ2v) is 4.47. The number of nitrogens with zero attached hydrogens (tertiary/aromatic N) is 3. The second kappa shape index (κ2) is 5.02.